The normalized spacial score (nSPS) is 20.3. The van der Waals surface area contributed by atoms with E-state index in [1.54, 1.807) is 4.90 Å². The van der Waals surface area contributed by atoms with Crippen molar-refractivity contribution < 1.29 is 19.8 Å². The average Bonchev–Trinajstić information content (AvgIpc) is 2.61. The second-order valence-electron chi connectivity index (χ2n) is 4.24. The van der Waals surface area contributed by atoms with Gasteiger partial charge >= 0.3 is 6.09 Å². The van der Waals surface area contributed by atoms with Gasteiger partial charge in [-0.15, -0.1) is 4.73 Å². The van der Waals surface area contributed by atoms with E-state index in [0.717, 1.165) is 19.3 Å². The van der Waals surface area contributed by atoms with Crippen LogP contribution in [0.5, 0.6) is 11.8 Å². The molecule has 1 aromatic heterocycles. The molecule has 94 valence electrons. The molecule has 1 saturated heterocycles. The first-order valence-electron chi connectivity index (χ1n) is 5.68. The van der Waals surface area contributed by atoms with E-state index >= 15 is 0 Å². The van der Waals surface area contributed by atoms with E-state index < -0.39 is 6.09 Å². The van der Waals surface area contributed by atoms with Gasteiger partial charge in [-0.3, -0.25) is 0 Å². The highest BCUT2D eigenvalue weighted by atomic mass is 16.7. The summed E-state index contributed by atoms with van der Waals surface area (Å²) in [6.07, 6.45) is 2.44. The predicted octanol–water partition coefficient (Wildman–Crippen LogP) is 1.32. The van der Waals surface area contributed by atoms with Gasteiger partial charge < -0.3 is 20.0 Å². The highest BCUT2D eigenvalue weighted by molar-refractivity contribution is 5.68. The molecular weight excluding hydrogens is 224 g/mol. The first-order valence-corrected chi connectivity index (χ1v) is 5.68. The lowest BCUT2D eigenvalue weighted by molar-refractivity contribution is 0.0559. The van der Waals surface area contributed by atoms with Crippen LogP contribution >= 0.6 is 0 Å². The van der Waals surface area contributed by atoms with Gasteiger partial charge in [0.15, 0.2) is 0 Å². The van der Waals surface area contributed by atoms with Crippen LogP contribution in [0.15, 0.2) is 12.1 Å². The van der Waals surface area contributed by atoms with Crippen molar-refractivity contribution in [1.82, 2.24) is 9.63 Å². The van der Waals surface area contributed by atoms with E-state index in [4.69, 9.17) is 4.84 Å². The molecule has 1 fully saturated rings. The average molecular weight is 240 g/mol. The molecule has 0 saturated carbocycles. The van der Waals surface area contributed by atoms with E-state index in [9.17, 15) is 15.0 Å². The molecule has 1 aliphatic rings. The van der Waals surface area contributed by atoms with Crippen LogP contribution in [0, 0.1) is 0 Å². The molecule has 1 amide bonds. The fourth-order valence-electron chi connectivity index (χ4n) is 2.00. The Morgan fingerprint density at radius 3 is 2.59 bits per heavy atom. The molecule has 0 aromatic carbocycles. The summed E-state index contributed by atoms with van der Waals surface area (Å²) in [6.45, 7) is 2.60. The maximum atomic E-state index is 11.8. The van der Waals surface area contributed by atoms with Crippen LogP contribution < -0.4 is 4.84 Å². The monoisotopic (exact) mass is 240 g/mol. The Bertz CT molecular complexity index is 396. The standard InChI is InChI=1S/C11H16N2O4/c1-8-4-2-3-7-12(8)11(16)17-13-9(14)5-6-10(13)15/h5-6,8,14-15H,2-4,7H2,1H3. The molecule has 0 radical (unpaired) electrons. The van der Waals surface area contributed by atoms with Crippen LogP contribution in [0.25, 0.3) is 0 Å². The number of hydrogen-bond donors (Lipinski definition) is 2. The molecule has 1 aliphatic heterocycles. The maximum absolute atomic E-state index is 11.8. The Labute approximate surface area is 99.0 Å². The third-order valence-corrected chi connectivity index (χ3v) is 3.00. The number of likely N-dealkylation sites (tertiary alicyclic amines) is 1. The molecule has 0 bridgehead atoms. The number of amides is 1. The molecule has 0 aliphatic carbocycles. The minimum absolute atomic E-state index is 0.121. The third-order valence-electron chi connectivity index (χ3n) is 3.00. The number of aromatic nitrogens is 1. The van der Waals surface area contributed by atoms with Crippen molar-refractivity contribution in [3.05, 3.63) is 12.1 Å². The van der Waals surface area contributed by atoms with Crippen LogP contribution in [0.4, 0.5) is 4.79 Å². The van der Waals surface area contributed by atoms with Crippen molar-refractivity contribution in [3.63, 3.8) is 0 Å². The van der Waals surface area contributed by atoms with Gasteiger partial charge in [-0.05, 0) is 26.2 Å². The number of hydrogen-bond acceptors (Lipinski definition) is 4. The zero-order valence-corrected chi connectivity index (χ0v) is 9.67. The second-order valence-corrected chi connectivity index (χ2v) is 4.24. The van der Waals surface area contributed by atoms with E-state index in [0.29, 0.717) is 11.3 Å². The van der Waals surface area contributed by atoms with Crippen molar-refractivity contribution in [2.45, 2.75) is 32.2 Å². The highest BCUT2D eigenvalue weighted by Crippen LogP contribution is 2.21. The number of nitrogens with zero attached hydrogens (tertiary/aromatic N) is 2. The van der Waals surface area contributed by atoms with Gasteiger partial charge in [0.25, 0.3) is 0 Å². The van der Waals surface area contributed by atoms with Crippen molar-refractivity contribution in [2.75, 3.05) is 6.54 Å². The number of piperidine rings is 1. The topological polar surface area (TPSA) is 74.9 Å². The summed E-state index contributed by atoms with van der Waals surface area (Å²) >= 11 is 0. The first kappa shape index (κ1) is 11.6. The van der Waals surface area contributed by atoms with Gasteiger partial charge in [0.2, 0.25) is 11.8 Å². The van der Waals surface area contributed by atoms with Gasteiger partial charge in [-0.1, -0.05) is 0 Å². The largest absolute Gasteiger partial charge is 0.492 e. The fourth-order valence-corrected chi connectivity index (χ4v) is 2.00. The number of aromatic hydroxyl groups is 2. The zero-order valence-electron chi connectivity index (χ0n) is 9.67. The summed E-state index contributed by atoms with van der Waals surface area (Å²) in [5, 5.41) is 18.7. The Kier molecular flexibility index (Phi) is 3.12. The van der Waals surface area contributed by atoms with E-state index in [2.05, 4.69) is 0 Å². The molecule has 1 unspecified atom stereocenters. The summed E-state index contributed by atoms with van der Waals surface area (Å²) in [5.41, 5.74) is 0. The Balaban J connectivity index is 2.06. The molecule has 0 spiro atoms. The summed E-state index contributed by atoms with van der Waals surface area (Å²) < 4.78 is 0.712. The molecule has 2 rings (SSSR count). The smallest absolute Gasteiger partial charge is 0.435 e. The third kappa shape index (κ3) is 2.30. The van der Waals surface area contributed by atoms with E-state index in [-0.39, 0.29) is 17.8 Å². The lowest BCUT2D eigenvalue weighted by Crippen LogP contribution is -2.45. The summed E-state index contributed by atoms with van der Waals surface area (Å²) in [6, 6.07) is 2.63. The second kappa shape index (κ2) is 4.57. The molecule has 1 aromatic rings. The van der Waals surface area contributed by atoms with Gasteiger partial charge in [0, 0.05) is 24.7 Å². The van der Waals surface area contributed by atoms with Crippen LogP contribution in [-0.4, -0.2) is 38.5 Å². The molecular formula is C11H16N2O4. The maximum Gasteiger partial charge on any atom is 0.435 e. The summed E-state index contributed by atoms with van der Waals surface area (Å²) in [7, 11) is 0. The molecule has 1 atom stereocenters. The van der Waals surface area contributed by atoms with Crippen LogP contribution in [0.1, 0.15) is 26.2 Å². The number of carbonyl (C=O) groups excluding carboxylic acids is 1. The van der Waals surface area contributed by atoms with Crippen molar-refractivity contribution in [2.24, 2.45) is 0 Å². The zero-order chi connectivity index (χ0) is 12.4. The molecule has 2 heterocycles. The fraction of sp³-hybridized carbons (Fsp3) is 0.545. The lowest BCUT2D eigenvalue weighted by atomic mass is 10.0. The van der Waals surface area contributed by atoms with Gasteiger partial charge in [-0.25, -0.2) is 4.79 Å². The quantitative estimate of drug-likeness (QED) is 0.776. The number of rotatable bonds is 1. The Morgan fingerprint density at radius 2 is 2.00 bits per heavy atom. The summed E-state index contributed by atoms with van der Waals surface area (Å²) in [4.78, 5) is 18.4. The Hall–Kier alpha value is -1.85. The number of carbonyl (C=O) groups is 1. The lowest BCUT2D eigenvalue weighted by Gasteiger charge is -2.32. The van der Waals surface area contributed by atoms with Crippen molar-refractivity contribution in [3.8, 4) is 11.8 Å². The molecule has 6 heteroatoms. The minimum atomic E-state index is -0.556. The van der Waals surface area contributed by atoms with Gasteiger partial charge in [-0.2, -0.15) is 0 Å². The predicted molar refractivity (Wildman–Crippen MR) is 59.8 cm³/mol. The van der Waals surface area contributed by atoms with Crippen LogP contribution in [0.2, 0.25) is 0 Å². The SMILES string of the molecule is CC1CCCCN1C(=O)On1c(O)ccc1O. The van der Waals surface area contributed by atoms with Crippen molar-refractivity contribution in [1.29, 1.82) is 0 Å². The Morgan fingerprint density at radius 1 is 1.35 bits per heavy atom. The van der Waals surface area contributed by atoms with Crippen LogP contribution in [0.3, 0.4) is 0 Å². The van der Waals surface area contributed by atoms with Gasteiger partial charge in [0.05, 0.1) is 0 Å². The molecule has 2 N–H and O–H groups in total. The van der Waals surface area contributed by atoms with E-state index in [1.165, 1.54) is 12.1 Å². The molecule has 6 nitrogen and oxygen atoms in total. The molecule has 17 heavy (non-hydrogen) atoms. The van der Waals surface area contributed by atoms with E-state index in [1.807, 2.05) is 6.92 Å². The highest BCUT2D eigenvalue weighted by Gasteiger charge is 2.26. The minimum Gasteiger partial charge on any atom is -0.492 e. The first-order chi connectivity index (χ1) is 8.09. The van der Waals surface area contributed by atoms with Gasteiger partial charge in [0.1, 0.15) is 0 Å². The summed E-state index contributed by atoms with van der Waals surface area (Å²) in [5.74, 6) is -0.610. The van der Waals surface area contributed by atoms with Crippen molar-refractivity contribution >= 4 is 6.09 Å². The van der Waals surface area contributed by atoms with Crippen LogP contribution in [-0.2, 0) is 0 Å².